The van der Waals surface area contributed by atoms with Crippen molar-refractivity contribution in [2.45, 2.75) is 0 Å². The third-order valence-electron chi connectivity index (χ3n) is 2.71. The van der Waals surface area contributed by atoms with Crippen LogP contribution in [0.4, 0.5) is 20.2 Å². The Hall–Kier alpha value is -2.96. The number of hydrogen-bond acceptors (Lipinski definition) is 3. The summed E-state index contributed by atoms with van der Waals surface area (Å²) in [4.78, 5) is 21.7. The lowest BCUT2D eigenvalue weighted by Crippen LogP contribution is -2.11. The first kappa shape index (κ1) is 14.4. The molecule has 0 aliphatic heterocycles. The van der Waals surface area contributed by atoms with Gasteiger partial charge in [0.05, 0.1) is 5.56 Å². The Morgan fingerprint density at radius 3 is 2.19 bits per heavy atom. The van der Waals surface area contributed by atoms with Gasteiger partial charge in [0, 0.05) is 11.3 Å². The lowest BCUT2D eigenvalue weighted by Gasteiger charge is -2.10. The number of anilines is 2. The van der Waals surface area contributed by atoms with E-state index in [0.29, 0.717) is 12.1 Å². The first-order valence-electron chi connectivity index (χ1n) is 5.77. The van der Waals surface area contributed by atoms with Crippen LogP contribution in [0.5, 0.6) is 0 Å². The molecule has 108 valence electrons. The van der Waals surface area contributed by atoms with E-state index in [4.69, 9.17) is 10.8 Å². The van der Waals surface area contributed by atoms with Gasteiger partial charge in [-0.05, 0) is 30.3 Å². The molecular weight excluding hydrogens is 282 g/mol. The Kier molecular flexibility index (Phi) is 3.84. The predicted octanol–water partition coefficient (Wildman–Crippen LogP) is 2.51. The maximum Gasteiger partial charge on any atom is 0.335 e. The maximum absolute atomic E-state index is 13.8. The summed E-state index contributed by atoms with van der Waals surface area (Å²) in [5.74, 6) is -4.23. The molecule has 0 aliphatic rings. The topological polar surface area (TPSA) is 92.4 Å². The number of hydrogen-bond donors (Lipinski definition) is 3. The van der Waals surface area contributed by atoms with E-state index < -0.39 is 34.8 Å². The molecule has 0 fully saturated rings. The number of aromatic carboxylic acids is 1. The lowest BCUT2D eigenvalue weighted by molar-refractivity contribution is 0.0695. The molecule has 2 rings (SSSR count). The van der Waals surface area contributed by atoms with Crippen molar-refractivity contribution >= 4 is 23.3 Å². The van der Waals surface area contributed by atoms with Crippen LogP contribution in [0.25, 0.3) is 0 Å². The van der Waals surface area contributed by atoms with Gasteiger partial charge in [0.25, 0.3) is 0 Å². The number of nitrogens with one attached hydrogen (secondary N) is 1. The number of primary amides is 1. The molecule has 1 amide bonds. The number of nitrogens with two attached hydrogens (primary N) is 1. The summed E-state index contributed by atoms with van der Waals surface area (Å²) in [7, 11) is 0. The van der Waals surface area contributed by atoms with E-state index in [-0.39, 0.29) is 11.3 Å². The number of halogens is 2. The van der Waals surface area contributed by atoms with Gasteiger partial charge in [0.2, 0.25) is 5.91 Å². The fourth-order valence-corrected chi connectivity index (χ4v) is 1.71. The van der Waals surface area contributed by atoms with Crippen molar-refractivity contribution in [2.24, 2.45) is 5.73 Å². The van der Waals surface area contributed by atoms with E-state index in [9.17, 15) is 18.4 Å². The molecule has 0 spiro atoms. The van der Waals surface area contributed by atoms with E-state index in [2.05, 4.69) is 5.32 Å². The summed E-state index contributed by atoms with van der Waals surface area (Å²) in [6.07, 6.45) is 0. The number of carboxylic acids is 1. The highest BCUT2D eigenvalue weighted by Crippen LogP contribution is 2.25. The van der Waals surface area contributed by atoms with Crippen LogP contribution in [-0.4, -0.2) is 17.0 Å². The van der Waals surface area contributed by atoms with Crippen molar-refractivity contribution in [3.8, 4) is 0 Å². The van der Waals surface area contributed by atoms with E-state index in [1.54, 1.807) is 0 Å². The number of rotatable bonds is 4. The van der Waals surface area contributed by atoms with Crippen LogP contribution in [0, 0.1) is 11.6 Å². The largest absolute Gasteiger partial charge is 0.478 e. The predicted molar refractivity (Wildman–Crippen MR) is 71.6 cm³/mol. The molecule has 2 aromatic rings. The minimum absolute atomic E-state index is 0.169. The van der Waals surface area contributed by atoms with Gasteiger partial charge in [-0.25, -0.2) is 13.6 Å². The third-order valence-corrected chi connectivity index (χ3v) is 2.71. The van der Waals surface area contributed by atoms with E-state index in [0.717, 1.165) is 0 Å². The van der Waals surface area contributed by atoms with Crippen LogP contribution in [0.15, 0.2) is 36.4 Å². The molecule has 0 atom stereocenters. The summed E-state index contributed by atoms with van der Waals surface area (Å²) in [6, 6.07) is 7.15. The van der Waals surface area contributed by atoms with Crippen molar-refractivity contribution in [1.82, 2.24) is 0 Å². The van der Waals surface area contributed by atoms with Gasteiger partial charge in [-0.15, -0.1) is 0 Å². The molecule has 21 heavy (non-hydrogen) atoms. The van der Waals surface area contributed by atoms with Gasteiger partial charge < -0.3 is 16.2 Å². The van der Waals surface area contributed by atoms with Gasteiger partial charge in [0.1, 0.15) is 5.69 Å². The standard InChI is InChI=1S/C14H10F2N2O3/c15-10-5-8(14(20)21)6-11(16)12(10)18-9-3-1-2-7(4-9)13(17)19/h1-6,18H,(H2,17,19)(H,20,21). The second-order valence-electron chi connectivity index (χ2n) is 4.19. The first-order chi connectivity index (χ1) is 9.88. The Morgan fingerprint density at radius 2 is 1.67 bits per heavy atom. The summed E-state index contributed by atoms with van der Waals surface area (Å²) in [5, 5.41) is 11.2. The van der Waals surface area contributed by atoms with Crippen LogP contribution in [0.2, 0.25) is 0 Å². The molecule has 0 aromatic heterocycles. The highest BCUT2D eigenvalue weighted by molar-refractivity contribution is 5.94. The quantitative estimate of drug-likeness (QED) is 0.807. The monoisotopic (exact) mass is 292 g/mol. The Labute approximate surface area is 118 Å². The molecule has 7 heteroatoms. The van der Waals surface area contributed by atoms with Gasteiger partial charge in [-0.1, -0.05) is 6.07 Å². The van der Waals surface area contributed by atoms with Crippen molar-refractivity contribution in [2.75, 3.05) is 5.32 Å². The van der Waals surface area contributed by atoms with E-state index >= 15 is 0 Å². The van der Waals surface area contributed by atoms with Crippen molar-refractivity contribution in [3.63, 3.8) is 0 Å². The van der Waals surface area contributed by atoms with Crippen LogP contribution in [0.1, 0.15) is 20.7 Å². The zero-order valence-electron chi connectivity index (χ0n) is 10.6. The van der Waals surface area contributed by atoms with Crippen molar-refractivity contribution in [3.05, 3.63) is 59.2 Å². The molecule has 4 N–H and O–H groups in total. The highest BCUT2D eigenvalue weighted by atomic mass is 19.1. The second kappa shape index (κ2) is 5.58. The SMILES string of the molecule is NC(=O)c1cccc(Nc2c(F)cc(C(=O)O)cc2F)c1. The normalized spacial score (nSPS) is 10.2. The average Bonchev–Trinajstić information content (AvgIpc) is 2.42. The van der Waals surface area contributed by atoms with Gasteiger partial charge in [-0.3, -0.25) is 4.79 Å². The van der Waals surface area contributed by atoms with Crippen molar-refractivity contribution in [1.29, 1.82) is 0 Å². The smallest absolute Gasteiger partial charge is 0.335 e. The second-order valence-corrected chi connectivity index (χ2v) is 4.19. The Balaban J connectivity index is 2.38. The average molecular weight is 292 g/mol. The van der Waals surface area contributed by atoms with Crippen LogP contribution in [-0.2, 0) is 0 Å². The van der Waals surface area contributed by atoms with Crippen LogP contribution in [0.3, 0.4) is 0 Å². The van der Waals surface area contributed by atoms with Gasteiger partial charge in [0.15, 0.2) is 11.6 Å². The van der Waals surface area contributed by atoms with E-state index in [1.165, 1.54) is 24.3 Å². The minimum atomic E-state index is -1.44. The molecule has 0 heterocycles. The molecule has 2 aromatic carbocycles. The van der Waals surface area contributed by atoms with E-state index in [1.807, 2.05) is 0 Å². The summed E-state index contributed by atoms with van der Waals surface area (Å²) < 4.78 is 27.5. The Bertz CT molecular complexity index is 709. The molecule has 0 unspecified atom stereocenters. The molecule has 0 radical (unpaired) electrons. The zero-order valence-corrected chi connectivity index (χ0v) is 10.6. The fraction of sp³-hybridized carbons (Fsp3) is 0. The minimum Gasteiger partial charge on any atom is -0.478 e. The zero-order chi connectivity index (χ0) is 15.6. The van der Waals surface area contributed by atoms with Gasteiger partial charge >= 0.3 is 5.97 Å². The summed E-state index contributed by atoms with van der Waals surface area (Å²) >= 11 is 0. The summed E-state index contributed by atoms with van der Waals surface area (Å²) in [6.45, 7) is 0. The molecule has 0 saturated carbocycles. The molecule has 5 nitrogen and oxygen atoms in total. The number of benzene rings is 2. The Morgan fingerprint density at radius 1 is 1.05 bits per heavy atom. The van der Waals surface area contributed by atoms with Gasteiger partial charge in [-0.2, -0.15) is 0 Å². The van der Waals surface area contributed by atoms with Crippen molar-refractivity contribution < 1.29 is 23.5 Å². The van der Waals surface area contributed by atoms with Crippen LogP contribution < -0.4 is 11.1 Å². The first-order valence-corrected chi connectivity index (χ1v) is 5.77. The lowest BCUT2D eigenvalue weighted by atomic mass is 10.1. The maximum atomic E-state index is 13.8. The number of amides is 1. The number of carbonyl (C=O) groups excluding carboxylic acids is 1. The number of carboxylic acid groups (broad SMARTS) is 1. The van der Waals surface area contributed by atoms with Crippen LogP contribution >= 0.6 is 0 Å². The molecule has 0 aliphatic carbocycles. The summed E-state index contributed by atoms with van der Waals surface area (Å²) in [5.41, 5.74) is 4.51. The third kappa shape index (κ3) is 3.14. The molecule has 0 saturated heterocycles. The number of carbonyl (C=O) groups is 2. The molecule has 0 bridgehead atoms. The molecular formula is C14H10F2N2O3. The fourth-order valence-electron chi connectivity index (χ4n) is 1.71. The highest BCUT2D eigenvalue weighted by Gasteiger charge is 2.15.